The lowest BCUT2D eigenvalue weighted by Gasteiger charge is -2.16. The van der Waals surface area contributed by atoms with E-state index in [1.807, 2.05) is 0 Å². The van der Waals surface area contributed by atoms with Gasteiger partial charge in [-0.1, -0.05) is 5.92 Å². The minimum absolute atomic E-state index is 0.0854. The van der Waals surface area contributed by atoms with Crippen molar-refractivity contribution >= 4 is 10.2 Å². The van der Waals surface area contributed by atoms with Crippen LogP contribution >= 0.6 is 0 Å². The SMILES string of the molecule is C#CCN(C)S(=O)(=O)NC(C)C. The fourth-order valence-electron chi connectivity index (χ4n) is 0.601. The van der Waals surface area contributed by atoms with Gasteiger partial charge in [0.2, 0.25) is 0 Å². The van der Waals surface area contributed by atoms with Crippen LogP contribution in [0.5, 0.6) is 0 Å². The molecule has 0 fully saturated rings. The molecule has 0 radical (unpaired) electrons. The number of hydrogen-bond acceptors (Lipinski definition) is 2. The van der Waals surface area contributed by atoms with Crippen molar-refractivity contribution in [2.45, 2.75) is 19.9 Å². The van der Waals surface area contributed by atoms with Crippen LogP contribution in [0.2, 0.25) is 0 Å². The number of terminal acetylenes is 1. The Kier molecular flexibility index (Phi) is 4.24. The zero-order chi connectivity index (χ0) is 9.78. The predicted octanol–water partition coefficient (Wildman–Crippen LogP) is -0.206. The van der Waals surface area contributed by atoms with Crippen molar-refractivity contribution < 1.29 is 8.42 Å². The molecule has 0 spiro atoms. The summed E-state index contributed by atoms with van der Waals surface area (Å²) in [5.41, 5.74) is 0. The van der Waals surface area contributed by atoms with Crippen LogP contribution in [0.4, 0.5) is 0 Å². The van der Waals surface area contributed by atoms with Gasteiger partial charge in [-0.15, -0.1) is 6.42 Å². The minimum Gasteiger partial charge on any atom is -0.200 e. The summed E-state index contributed by atoms with van der Waals surface area (Å²) in [7, 11) is -1.95. The molecule has 1 N–H and O–H groups in total. The molecule has 0 atom stereocenters. The average molecular weight is 190 g/mol. The predicted molar refractivity (Wildman–Crippen MR) is 48.7 cm³/mol. The summed E-state index contributed by atoms with van der Waals surface area (Å²) in [6.45, 7) is 3.59. The fraction of sp³-hybridized carbons (Fsp3) is 0.714. The lowest BCUT2D eigenvalue weighted by molar-refractivity contribution is 0.481. The van der Waals surface area contributed by atoms with E-state index in [1.54, 1.807) is 13.8 Å². The van der Waals surface area contributed by atoms with Gasteiger partial charge in [0.25, 0.3) is 10.2 Å². The van der Waals surface area contributed by atoms with Crippen LogP contribution in [0.1, 0.15) is 13.8 Å². The normalized spacial score (nSPS) is 12.0. The van der Waals surface area contributed by atoms with E-state index in [2.05, 4.69) is 10.6 Å². The first-order valence-corrected chi connectivity index (χ1v) is 5.01. The second-order valence-electron chi connectivity index (χ2n) is 2.74. The molecule has 0 aliphatic carbocycles. The van der Waals surface area contributed by atoms with E-state index in [1.165, 1.54) is 7.05 Å². The molecule has 0 aromatic carbocycles. The van der Waals surface area contributed by atoms with E-state index in [0.717, 1.165) is 4.31 Å². The summed E-state index contributed by atoms with van der Waals surface area (Å²) in [4.78, 5) is 0. The highest BCUT2D eigenvalue weighted by atomic mass is 32.2. The molecule has 0 unspecified atom stereocenters. The van der Waals surface area contributed by atoms with Crippen molar-refractivity contribution in [2.24, 2.45) is 0 Å². The standard InChI is InChI=1S/C7H14N2O2S/c1-5-6-9(4)12(10,11)8-7(2)3/h1,7-8H,6H2,2-4H3. The van der Waals surface area contributed by atoms with Gasteiger partial charge in [0.05, 0.1) is 6.54 Å². The van der Waals surface area contributed by atoms with Crippen LogP contribution in [-0.2, 0) is 10.2 Å². The molecule has 5 heteroatoms. The Hall–Kier alpha value is -0.570. The highest BCUT2D eigenvalue weighted by Gasteiger charge is 2.16. The maximum absolute atomic E-state index is 11.3. The Morgan fingerprint density at radius 2 is 2.08 bits per heavy atom. The molecule has 0 amide bonds. The Bertz CT molecular complexity index is 264. The van der Waals surface area contributed by atoms with Gasteiger partial charge < -0.3 is 0 Å². The maximum Gasteiger partial charge on any atom is 0.280 e. The third-order valence-electron chi connectivity index (χ3n) is 1.11. The van der Waals surface area contributed by atoms with Gasteiger partial charge in [-0.05, 0) is 13.8 Å². The van der Waals surface area contributed by atoms with E-state index < -0.39 is 10.2 Å². The lowest BCUT2D eigenvalue weighted by atomic mass is 10.4. The summed E-state index contributed by atoms with van der Waals surface area (Å²) in [6.07, 6.45) is 4.97. The largest absolute Gasteiger partial charge is 0.280 e. The summed E-state index contributed by atoms with van der Waals surface area (Å²) in [5, 5.41) is 0. The minimum atomic E-state index is -3.38. The van der Waals surface area contributed by atoms with Crippen molar-refractivity contribution in [3.8, 4) is 12.3 Å². The lowest BCUT2D eigenvalue weighted by Crippen LogP contribution is -2.41. The zero-order valence-electron chi connectivity index (χ0n) is 7.53. The molecule has 0 aliphatic rings. The van der Waals surface area contributed by atoms with E-state index >= 15 is 0 Å². The van der Waals surface area contributed by atoms with Crippen LogP contribution in [-0.4, -0.2) is 32.4 Å². The van der Waals surface area contributed by atoms with Crippen molar-refractivity contribution in [1.82, 2.24) is 9.03 Å². The smallest absolute Gasteiger partial charge is 0.200 e. The highest BCUT2D eigenvalue weighted by molar-refractivity contribution is 7.87. The molecule has 0 saturated heterocycles. The molecule has 0 saturated carbocycles. The number of nitrogens with zero attached hydrogens (tertiary/aromatic N) is 1. The van der Waals surface area contributed by atoms with Crippen molar-refractivity contribution in [1.29, 1.82) is 0 Å². The Balaban J connectivity index is 4.33. The number of hydrogen-bond donors (Lipinski definition) is 1. The van der Waals surface area contributed by atoms with Gasteiger partial charge in [-0.2, -0.15) is 17.4 Å². The molecule has 0 heterocycles. The summed E-state index contributed by atoms with van der Waals surface area (Å²) < 4.78 is 26.0. The van der Waals surface area contributed by atoms with Crippen molar-refractivity contribution in [3.63, 3.8) is 0 Å². The van der Waals surface area contributed by atoms with Crippen LogP contribution < -0.4 is 4.72 Å². The molecule has 4 nitrogen and oxygen atoms in total. The van der Waals surface area contributed by atoms with Gasteiger partial charge in [-0.3, -0.25) is 0 Å². The van der Waals surface area contributed by atoms with Gasteiger partial charge in [0.15, 0.2) is 0 Å². The third kappa shape index (κ3) is 3.72. The number of rotatable bonds is 4. The molecule has 0 aromatic heterocycles. The summed E-state index contributed by atoms with van der Waals surface area (Å²) in [5.74, 6) is 2.25. The molecule has 0 aromatic rings. The molecular formula is C7H14N2O2S. The molecule has 0 bridgehead atoms. The molecule has 70 valence electrons. The maximum atomic E-state index is 11.3. The van der Waals surface area contributed by atoms with Gasteiger partial charge in [-0.25, -0.2) is 0 Å². The van der Waals surface area contributed by atoms with Gasteiger partial charge in [0, 0.05) is 13.1 Å². The molecule has 12 heavy (non-hydrogen) atoms. The van der Waals surface area contributed by atoms with E-state index in [0.29, 0.717) is 0 Å². The van der Waals surface area contributed by atoms with Crippen LogP contribution in [0.25, 0.3) is 0 Å². The fourth-order valence-corrected chi connectivity index (χ4v) is 1.62. The third-order valence-corrected chi connectivity index (χ3v) is 2.83. The van der Waals surface area contributed by atoms with Crippen molar-refractivity contribution in [2.75, 3.05) is 13.6 Å². The molecule has 0 rings (SSSR count). The van der Waals surface area contributed by atoms with E-state index in [9.17, 15) is 8.42 Å². The summed E-state index contributed by atoms with van der Waals surface area (Å²) >= 11 is 0. The second-order valence-corrected chi connectivity index (χ2v) is 4.55. The van der Waals surface area contributed by atoms with Gasteiger partial charge >= 0.3 is 0 Å². The van der Waals surface area contributed by atoms with E-state index in [-0.39, 0.29) is 12.6 Å². The first kappa shape index (κ1) is 11.4. The Labute approximate surface area is 74.1 Å². The van der Waals surface area contributed by atoms with Crippen LogP contribution in [0.15, 0.2) is 0 Å². The second kappa shape index (κ2) is 4.45. The average Bonchev–Trinajstić information content (AvgIpc) is 1.85. The summed E-state index contributed by atoms with van der Waals surface area (Å²) in [6, 6.07) is -0.116. The Morgan fingerprint density at radius 1 is 1.58 bits per heavy atom. The van der Waals surface area contributed by atoms with Crippen LogP contribution in [0, 0.1) is 12.3 Å². The topological polar surface area (TPSA) is 49.4 Å². The first-order chi connectivity index (χ1) is 5.40. The monoisotopic (exact) mass is 190 g/mol. The van der Waals surface area contributed by atoms with Gasteiger partial charge in [0.1, 0.15) is 0 Å². The van der Waals surface area contributed by atoms with Crippen LogP contribution in [0.3, 0.4) is 0 Å². The zero-order valence-corrected chi connectivity index (χ0v) is 8.35. The number of nitrogens with one attached hydrogen (secondary N) is 1. The van der Waals surface area contributed by atoms with Crippen molar-refractivity contribution in [3.05, 3.63) is 0 Å². The first-order valence-electron chi connectivity index (χ1n) is 3.57. The highest BCUT2D eigenvalue weighted by Crippen LogP contribution is 1.93. The Morgan fingerprint density at radius 3 is 2.42 bits per heavy atom. The van der Waals surface area contributed by atoms with E-state index in [4.69, 9.17) is 6.42 Å². The molecular weight excluding hydrogens is 176 g/mol. The quantitative estimate of drug-likeness (QED) is 0.624. The molecule has 0 aliphatic heterocycles.